The van der Waals surface area contributed by atoms with Crippen molar-refractivity contribution in [2.75, 3.05) is 6.54 Å². The Morgan fingerprint density at radius 2 is 2.47 bits per heavy atom. The summed E-state index contributed by atoms with van der Waals surface area (Å²) < 4.78 is 4.79. The molecule has 5 nitrogen and oxygen atoms in total. The van der Waals surface area contributed by atoms with Crippen molar-refractivity contribution in [3.05, 3.63) is 17.5 Å². The summed E-state index contributed by atoms with van der Waals surface area (Å²) in [5, 5.41) is 6.27. The summed E-state index contributed by atoms with van der Waals surface area (Å²) in [6.07, 6.45) is 0. The lowest BCUT2D eigenvalue weighted by Gasteiger charge is -2.09. The Balaban J connectivity index is 2.47. The molecule has 1 rings (SSSR count). The summed E-state index contributed by atoms with van der Waals surface area (Å²) in [6, 6.07) is 1.57. The number of amides is 1. The van der Waals surface area contributed by atoms with Crippen LogP contribution in [0.3, 0.4) is 0 Å². The second kappa shape index (κ2) is 4.88. The van der Waals surface area contributed by atoms with Crippen molar-refractivity contribution in [2.24, 2.45) is 11.7 Å². The minimum atomic E-state index is -0.307. The Morgan fingerprint density at radius 3 is 2.93 bits per heavy atom. The van der Waals surface area contributed by atoms with Gasteiger partial charge in [-0.25, -0.2) is 0 Å². The van der Waals surface area contributed by atoms with Gasteiger partial charge in [-0.05, 0) is 6.92 Å². The third-order valence-corrected chi connectivity index (χ3v) is 2.31. The molecule has 0 saturated heterocycles. The van der Waals surface area contributed by atoms with E-state index in [0.29, 0.717) is 17.2 Å². The molecule has 0 aliphatic heterocycles. The number of rotatable bonds is 4. The highest BCUT2D eigenvalue weighted by molar-refractivity contribution is 7.80. The number of carbonyl (C=O) groups excluding carboxylic acids is 1. The highest BCUT2D eigenvalue weighted by Crippen LogP contribution is 2.02. The molecule has 0 aliphatic carbocycles. The Bertz CT molecular complexity index is 375. The summed E-state index contributed by atoms with van der Waals surface area (Å²) in [5.74, 6) is -0.144. The molecule has 0 bridgehead atoms. The van der Waals surface area contributed by atoms with E-state index in [1.54, 1.807) is 13.0 Å². The summed E-state index contributed by atoms with van der Waals surface area (Å²) in [7, 11) is 0. The number of nitrogens with zero attached hydrogens (tertiary/aromatic N) is 1. The average molecular weight is 227 g/mol. The number of carbonyl (C=O) groups is 1. The summed E-state index contributed by atoms with van der Waals surface area (Å²) >= 11 is 4.78. The molecule has 0 spiro atoms. The van der Waals surface area contributed by atoms with Crippen molar-refractivity contribution in [1.82, 2.24) is 10.5 Å². The Hall–Kier alpha value is -1.43. The lowest BCUT2D eigenvalue weighted by atomic mass is 10.2. The van der Waals surface area contributed by atoms with Crippen LogP contribution in [0.15, 0.2) is 10.6 Å². The molecular weight excluding hydrogens is 214 g/mol. The van der Waals surface area contributed by atoms with Gasteiger partial charge in [-0.15, -0.1) is 0 Å². The van der Waals surface area contributed by atoms with Crippen molar-refractivity contribution < 1.29 is 9.32 Å². The van der Waals surface area contributed by atoms with Gasteiger partial charge in [-0.2, -0.15) is 0 Å². The predicted molar refractivity (Wildman–Crippen MR) is 59.5 cm³/mol. The molecule has 1 aromatic heterocycles. The van der Waals surface area contributed by atoms with E-state index < -0.39 is 0 Å². The molecular formula is C9H13N3O2S. The van der Waals surface area contributed by atoms with Crippen molar-refractivity contribution in [3.63, 3.8) is 0 Å². The zero-order chi connectivity index (χ0) is 11.4. The Labute approximate surface area is 93.0 Å². The van der Waals surface area contributed by atoms with Gasteiger partial charge in [0.05, 0.1) is 10.7 Å². The number of hydrogen-bond donors (Lipinski definition) is 2. The first-order valence-corrected chi connectivity index (χ1v) is 4.92. The fourth-order valence-electron chi connectivity index (χ4n) is 0.904. The van der Waals surface area contributed by atoms with E-state index in [0.717, 1.165) is 0 Å². The molecule has 82 valence electrons. The topological polar surface area (TPSA) is 81.2 Å². The van der Waals surface area contributed by atoms with Gasteiger partial charge in [0.25, 0.3) is 5.91 Å². The highest BCUT2D eigenvalue weighted by Gasteiger charge is 2.13. The van der Waals surface area contributed by atoms with E-state index in [-0.39, 0.29) is 17.6 Å². The molecule has 1 atom stereocenters. The van der Waals surface area contributed by atoms with Crippen LogP contribution in [0.2, 0.25) is 0 Å². The predicted octanol–water partition coefficient (Wildman–Crippen LogP) is 0.635. The van der Waals surface area contributed by atoms with Crippen molar-refractivity contribution >= 4 is 23.1 Å². The fraction of sp³-hybridized carbons (Fsp3) is 0.444. The zero-order valence-corrected chi connectivity index (χ0v) is 9.43. The maximum absolute atomic E-state index is 11.5. The first-order chi connectivity index (χ1) is 7.00. The molecule has 0 radical (unpaired) electrons. The zero-order valence-electron chi connectivity index (χ0n) is 8.61. The molecule has 0 aromatic carbocycles. The maximum Gasteiger partial charge on any atom is 0.289 e. The second-order valence-electron chi connectivity index (χ2n) is 3.35. The summed E-state index contributed by atoms with van der Waals surface area (Å²) in [4.78, 5) is 11.8. The minimum Gasteiger partial charge on any atom is -0.393 e. The van der Waals surface area contributed by atoms with Gasteiger partial charge in [-0.1, -0.05) is 24.3 Å². The van der Waals surface area contributed by atoms with Crippen molar-refractivity contribution in [3.8, 4) is 0 Å². The lowest BCUT2D eigenvalue weighted by molar-refractivity contribution is 0.0914. The third kappa shape index (κ3) is 3.32. The molecule has 3 N–H and O–H groups in total. The largest absolute Gasteiger partial charge is 0.393 e. The normalized spacial score (nSPS) is 12.1. The smallest absolute Gasteiger partial charge is 0.289 e. The van der Waals surface area contributed by atoms with E-state index in [4.69, 9.17) is 22.5 Å². The van der Waals surface area contributed by atoms with Crippen LogP contribution in [0.4, 0.5) is 0 Å². The quantitative estimate of drug-likeness (QED) is 0.737. The Morgan fingerprint density at radius 1 is 1.80 bits per heavy atom. The summed E-state index contributed by atoms with van der Waals surface area (Å²) in [6.45, 7) is 3.99. The van der Waals surface area contributed by atoms with Crippen LogP contribution < -0.4 is 11.1 Å². The van der Waals surface area contributed by atoms with E-state index in [1.807, 2.05) is 6.92 Å². The van der Waals surface area contributed by atoms with Crippen LogP contribution >= 0.6 is 12.2 Å². The molecule has 15 heavy (non-hydrogen) atoms. The van der Waals surface area contributed by atoms with E-state index >= 15 is 0 Å². The van der Waals surface area contributed by atoms with Crippen molar-refractivity contribution in [1.29, 1.82) is 0 Å². The Kier molecular flexibility index (Phi) is 3.79. The summed E-state index contributed by atoms with van der Waals surface area (Å²) in [5.41, 5.74) is 6.08. The molecule has 0 fully saturated rings. The maximum atomic E-state index is 11.5. The number of hydrogen-bond acceptors (Lipinski definition) is 4. The lowest BCUT2D eigenvalue weighted by Crippen LogP contribution is -2.33. The van der Waals surface area contributed by atoms with Crippen LogP contribution in [0.5, 0.6) is 0 Å². The van der Waals surface area contributed by atoms with Crippen molar-refractivity contribution in [2.45, 2.75) is 13.8 Å². The monoisotopic (exact) mass is 227 g/mol. The number of nitrogens with one attached hydrogen (secondary N) is 1. The first-order valence-electron chi connectivity index (χ1n) is 4.51. The van der Waals surface area contributed by atoms with E-state index in [2.05, 4.69) is 10.5 Å². The van der Waals surface area contributed by atoms with E-state index in [1.165, 1.54) is 0 Å². The molecule has 0 aliphatic rings. The highest BCUT2D eigenvalue weighted by atomic mass is 32.1. The van der Waals surface area contributed by atoms with Gasteiger partial charge in [0.1, 0.15) is 0 Å². The first kappa shape index (κ1) is 11.6. The van der Waals surface area contributed by atoms with Crippen LogP contribution in [0.1, 0.15) is 23.2 Å². The SMILES string of the molecule is Cc1cc(C(=O)NCC(C)C(N)=S)on1. The second-order valence-corrected chi connectivity index (χ2v) is 3.82. The van der Waals surface area contributed by atoms with Gasteiger partial charge >= 0.3 is 0 Å². The molecule has 1 amide bonds. The standard InChI is InChI=1S/C9H13N3O2S/c1-5(8(10)15)4-11-9(13)7-3-6(2)12-14-7/h3,5H,4H2,1-2H3,(H2,10,15)(H,11,13). The molecule has 1 unspecified atom stereocenters. The average Bonchev–Trinajstić information content (AvgIpc) is 2.60. The number of aromatic nitrogens is 1. The number of nitrogens with two attached hydrogens (primary N) is 1. The van der Waals surface area contributed by atoms with Gasteiger partial charge in [0, 0.05) is 18.5 Å². The molecule has 1 heterocycles. The van der Waals surface area contributed by atoms with E-state index in [9.17, 15) is 4.79 Å². The van der Waals surface area contributed by atoms with Gasteiger partial charge in [0.2, 0.25) is 5.76 Å². The van der Waals surface area contributed by atoms with Crippen LogP contribution in [-0.4, -0.2) is 22.6 Å². The van der Waals surface area contributed by atoms with Crippen LogP contribution in [-0.2, 0) is 0 Å². The minimum absolute atomic E-state index is 0.0343. The van der Waals surface area contributed by atoms with Gasteiger partial charge in [-0.3, -0.25) is 4.79 Å². The number of aryl methyl sites for hydroxylation is 1. The number of thiocarbonyl (C=S) groups is 1. The van der Waals surface area contributed by atoms with Gasteiger partial charge < -0.3 is 15.6 Å². The third-order valence-electron chi connectivity index (χ3n) is 1.91. The molecule has 1 aromatic rings. The van der Waals surface area contributed by atoms with Crippen LogP contribution in [0.25, 0.3) is 0 Å². The van der Waals surface area contributed by atoms with Crippen LogP contribution in [0, 0.1) is 12.8 Å². The fourth-order valence-corrected chi connectivity index (χ4v) is 0.987. The van der Waals surface area contributed by atoms with Gasteiger partial charge in [0.15, 0.2) is 0 Å². The molecule has 0 saturated carbocycles. The molecule has 6 heteroatoms.